The maximum atomic E-state index is 12.1. The van der Waals surface area contributed by atoms with E-state index in [1.165, 1.54) is 9.88 Å². The van der Waals surface area contributed by atoms with Gasteiger partial charge in [-0.2, -0.15) is 14.7 Å². The molecule has 9 heteroatoms. The van der Waals surface area contributed by atoms with E-state index >= 15 is 0 Å². The molecule has 138 valence electrons. The Morgan fingerprint density at radius 3 is 2.85 bits per heavy atom. The number of hydrogen-bond acceptors (Lipinski definition) is 6. The molecule has 5 rings (SSSR count). The van der Waals surface area contributed by atoms with Crippen LogP contribution in [0.5, 0.6) is 0 Å². The summed E-state index contributed by atoms with van der Waals surface area (Å²) in [6.07, 6.45) is 7.45. The second-order valence-corrected chi connectivity index (χ2v) is 9.57. The lowest BCUT2D eigenvalue weighted by atomic mass is 9.89. The number of fused-ring (bicyclic) bond motifs is 2. The summed E-state index contributed by atoms with van der Waals surface area (Å²) in [6, 6.07) is 2.21. The number of allylic oxidation sites excluding steroid dienone is 2. The van der Waals surface area contributed by atoms with E-state index in [1.54, 1.807) is 17.9 Å². The number of sulfonamides is 1. The first-order valence-corrected chi connectivity index (χ1v) is 10.6. The Hall–Kier alpha value is -2.57. The highest BCUT2D eigenvalue weighted by Crippen LogP contribution is 2.43. The van der Waals surface area contributed by atoms with Crippen molar-refractivity contribution >= 4 is 15.6 Å². The molecule has 1 saturated heterocycles. The molecule has 0 atom stereocenters. The molecule has 0 N–H and O–H groups in total. The Balaban J connectivity index is 1.56. The lowest BCUT2D eigenvalue weighted by Gasteiger charge is -2.47. The van der Waals surface area contributed by atoms with Crippen LogP contribution in [0.3, 0.4) is 0 Å². The summed E-state index contributed by atoms with van der Waals surface area (Å²) in [5.41, 5.74) is 5.53. The standard InChI is InChI=1S/C18H18N6O2S/c1-2-27(25,26)23-9-18(10-23,5-6-19)24-8-13-15(22-24)7-12-3-4-14-16(12)17(13)21-11-20-14/h3,8,11H,2,4-5,7,9-10H2,1H3. The third-order valence-corrected chi connectivity index (χ3v) is 7.56. The topological polar surface area (TPSA) is 105 Å². The van der Waals surface area contributed by atoms with Crippen LogP contribution < -0.4 is 0 Å². The van der Waals surface area contributed by atoms with E-state index in [1.807, 2.05) is 6.20 Å². The van der Waals surface area contributed by atoms with Crippen molar-refractivity contribution < 1.29 is 8.42 Å². The van der Waals surface area contributed by atoms with Gasteiger partial charge in [-0.05, 0) is 12.5 Å². The van der Waals surface area contributed by atoms with Crippen molar-refractivity contribution in [2.45, 2.75) is 31.7 Å². The van der Waals surface area contributed by atoms with Crippen molar-refractivity contribution in [3.8, 4) is 17.3 Å². The molecular formula is C18H18N6O2S. The Bertz CT molecular complexity index is 1140. The van der Waals surface area contributed by atoms with Gasteiger partial charge < -0.3 is 0 Å². The van der Waals surface area contributed by atoms with Gasteiger partial charge in [-0.1, -0.05) is 6.08 Å². The summed E-state index contributed by atoms with van der Waals surface area (Å²) in [5, 5.41) is 14.1. The average Bonchev–Trinajstić information content (AvgIpc) is 3.24. The smallest absolute Gasteiger partial charge is 0.213 e. The Kier molecular flexibility index (Phi) is 3.36. The van der Waals surface area contributed by atoms with E-state index in [0.717, 1.165) is 41.1 Å². The van der Waals surface area contributed by atoms with Gasteiger partial charge in [-0.3, -0.25) is 4.68 Å². The SMILES string of the molecule is CCS(=O)(=O)N1CC(CC#N)(n2cc3c(n2)CC2=CCc4ncnc-3c42)C1. The monoisotopic (exact) mass is 382 g/mol. The molecule has 0 bridgehead atoms. The third-order valence-electron chi connectivity index (χ3n) is 5.79. The lowest BCUT2D eigenvalue weighted by Crippen LogP contribution is -2.64. The van der Waals surface area contributed by atoms with Crippen molar-refractivity contribution in [2.75, 3.05) is 18.8 Å². The van der Waals surface area contributed by atoms with Crippen LogP contribution in [0, 0.1) is 11.3 Å². The maximum Gasteiger partial charge on any atom is 0.213 e. The molecule has 0 unspecified atom stereocenters. The molecule has 0 saturated carbocycles. The summed E-state index contributed by atoms with van der Waals surface area (Å²) in [4.78, 5) is 8.86. The van der Waals surface area contributed by atoms with E-state index in [9.17, 15) is 13.7 Å². The number of aromatic nitrogens is 4. The summed E-state index contributed by atoms with van der Waals surface area (Å²) in [7, 11) is -3.26. The molecular weight excluding hydrogens is 364 g/mol. The number of hydrogen-bond donors (Lipinski definition) is 0. The largest absolute Gasteiger partial charge is 0.262 e. The lowest BCUT2D eigenvalue weighted by molar-refractivity contribution is 0.0715. The zero-order valence-corrected chi connectivity index (χ0v) is 15.7. The minimum Gasteiger partial charge on any atom is -0.262 e. The fraction of sp³-hybridized carbons (Fsp3) is 0.444. The number of nitrogens with zero attached hydrogens (tertiary/aromatic N) is 6. The van der Waals surface area contributed by atoms with Crippen LogP contribution in [0.1, 0.15) is 30.3 Å². The molecule has 3 heterocycles. The van der Waals surface area contributed by atoms with Crippen molar-refractivity contribution in [2.24, 2.45) is 0 Å². The predicted octanol–water partition coefficient (Wildman–Crippen LogP) is 1.11. The van der Waals surface area contributed by atoms with Crippen molar-refractivity contribution in [1.82, 2.24) is 24.1 Å². The Labute approximate surface area is 157 Å². The van der Waals surface area contributed by atoms with Gasteiger partial charge in [0.2, 0.25) is 10.0 Å². The van der Waals surface area contributed by atoms with Crippen molar-refractivity contribution in [3.63, 3.8) is 0 Å². The van der Waals surface area contributed by atoms with Gasteiger partial charge in [-0.25, -0.2) is 18.4 Å². The van der Waals surface area contributed by atoms with Gasteiger partial charge >= 0.3 is 0 Å². The molecule has 0 aromatic carbocycles. The maximum absolute atomic E-state index is 12.1. The van der Waals surface area contributed by atoms with Gasteiger partial charge in [-0.15, -0.1) is 0 Å². The number of rotatable bonds is 4. The van der Waals surface area contributed by atoms with Gasteiger partial charge in [0.05, 0.1) is 35.3 Å². The normalized spacial score (nSPS) is 19.6. The molecule has 8 nitrogen and oxygen atoms in total. The van der Waals surface area contributed by atoms with Gasteiger partial charge in [0.15, 0.2) is 0 Å². The van der Waals surface area contributed by atoms with Crippen LogP contribution in [0.2, 0.25) is 0 Å². The second-order valence-electron chi connectivity index (χ2n) is 7.32. The molecule has 2 aliphatic carbocycles. The van der Waals surface area contributed by atoms with Crippen LogP contribution in [-0.2, 0) is 28.4 Å². The minimum absolute atomic E-state index is 0.0620. The summed E-state index contributed by atoms with van der Waals surface area (Å²) in [5.74, 6) is 0.0620. The second kappa shape index (κ2) is 5.47. The summed E-state index contributed by atoms with van der Waals surface area (Å²) < 4.78 is 27.5. The van der Waals surface area contributed by atoms with E-state index in [-0.39, 0.29) is 25.3 Å². The summed E-state index contributed by atoms with van der Waals surface area (Å²) >= 11 is 0. The van der Waals surface area contributed by atoms with E-state index in [2.05, 4.69) is 22.1 Å². The Morgan fingerprint density at radius 2 is 2.11 bits per heavy atom. The van der Waals surface area contributed by atoms with Crippen LogP contribution in [0.25, 0.3) is 16.8 Å². The van der Waals surface area contributed by atoms with Crippen molar-refractivity contribution in [1.29, 1.82) is 5.26 Å². The fourth-order valence-electron chi connectivity index (χ4n) is 4.24. The molecule has 1 fully saturated rings. The van der Waals surface area contributed by atoms with Gasteiger partial charge in [0.1, 0.15) is 11.9 Å². The molecule has 2 aromatic heterocycles. The Morgan fingerprint density at radius 1 is 1.30 bits per heavy atom. The van der Waals surface area contributed by atoms with Gasteiger partial charge in [0.25, 0.3) is 0 Å². The quantitative estimate of drug-likeness (QED) is 0.784. The first kappa shape index (κ1) is 16.6. The molecule has 27 heavy (non-hydrogen) atoms. The molecule has 0 spiro atoms. The van der Waals surface area contributed by atoms with E-state index < -0.39 is 15.6 Å². The first-order valence-electron chi connectivity index (χ1n) is 8.95. The van der Waals surface area contributed by atoms with Gasteiger partial charge in [0, 0.05) is 43.3 Å². The van der Waals surface area contributed by atoms with Crippen LogP contribution in [0.4, 0.5) is 0 Å². The van der Waals surface area contributed by atoms with E-state index in [4.69, 9.17) is 5.10 Å². The third kappa shape index (κ3) is 2.23. The van der Waals surface area contributed by atoms with Crippen molar-refractivity contribution in [3.05, 3.63) is 35.6 Å². The first-order chi connectivity index (χ1) is 13.0. The highest BCUT2D eigenvalue weighted by atomic mass is 32.2. The zero-order valence-electron chi connectivity index (χ0n) is 14.9. The fourth-order valence-corrected chi connectivity index (χ4v) is 5.48. The minimum atomic E-state index is -3.26. The highest BCUT2D eigenvalue weighted by Gasteiger charge is 2.50. The highest BCUT2D eigenvalue weighted by molar-refractivity contribution is 7.89. The summed E-state index contributed by atoms with van der Waals surface area (Å²) in [6.45, 7) is 2.19. The molecule has 2 aromatic rings. The molecule has 0 radical (unpaired) electrons. The molecule has 0 amide bonds. The zero-order chi connectivity index (χ0) is 18.8. The van der Waals surface area contributed by atoms with Crippen LogP contribution >= 0.6 is 0 Å². The van der Waals surface area contributed by atoms with E-state index in [0.29, 0.717) is 0 Å². The molecule has 1 aliphatic heterocycles. The van der Waals surface area contributed by atoms with Crippen LogP contribution in [0.15, 0.2) is 18.6 Å². The van der Waals surface area contributed by atoms with Crippen LogP contribution in [-0.4, -0.2) is 51.3 Å². The predicted molar refractivity (Wildman–Crippen MR) is 97.9 cm³/mol. The average molecular weight is 382 g/mol. The number of nitriles is 1. The molecule has 3 aliphatic rings.